The van der Waals surface area contributed by atoms with Crippen LogP contribution in [0.4, 0.5) is 0 Å². The topological polar surface area (TPSA) is 243 Å². The Morgan fingerprint density at radius 3 is 2.42 bits per heavy atom. The summed E-state index contributed by atoms with van der Waals surface area (Å²) in [6, 6.07) is 1.43. The van der Waals surface area contributed by atoms with E-state index < -0.39 is 58.7 Å². The number of hydrogen-bond donors (Lipinski definition) is 6. The summed E-state index contributed by atoms with van der Waals surface area (Å²) in [7, 11) is 1.22. The van der Waals surface area contributed by atoms with Crippen molar-refractivity contribution in [3.05, 3.63) is 45.8 Å². The van der Waals surface area contributed by atoms with Gasteiger partial charge in [0.25, 0.3) is 17.7 Å². The van der Waals surface area contributed by atoms with Crippen LogP contribution in [-0.2, 0) is 28.8 Å². The lowest BCUT2D eigenvalue weighted by molar-refractivity contribution is -0.911. The lowest BCUT2D eigenvalue weighted by Crippen LogP contribution is -2.71. The normalized spacial score (nSPS) is 19.2. The van der Waals surface area contributed by atoms with Gasteiger partial charge in [-0.25, -0.2) is 9.59 Å². The summed E-state index contributed by atoms with van der Waals surface area (Å²) < 4.78 is 5.65. The van der Waals surface area contributed by atoms with Crippen molar-refractivity contribution in [3.63, 3.8) is 0 Å². The van der Waals surface area contributed by atoms with Gasteiger partial charge >= 0.3 is 11.9 Å². The van der Waals surface area contributed by atoms with Crippen molar-refractivity contribution in [2.24, 2.45) is 15.9 Å². The van der Waals surface area contributed by atoms with Gasteiger partial charge in [-0.3, -0.25) is 24.3 Å². The number of hydrogen-bond acceptors (Lipinski definition) is 13. The highest BCUT2D eigenvalue weighted by atomic mass is 35.5. The molecule has 57 heavy (non-hydrogen) atoms. The maximum absolute atomic E-state index is 13.7. The molecule has 0 spiro atoms. The number of carbonyl (C=O) groups excluding carboxylic acids is 4. The number of aromatic hydroxyl groups is 2. The van der Waals surface area contributed by atoms with E-state index in [9.17, 15) is 39.3 Å². The number of oxime groups is 1. The van der Waals surface area contributed by atoms with Crippen LogP contribution in [0.2, 0.25) is 5.02 Å². The predicted octanol–water partition coefficient (Wildman–Crippen LogP) is 3.53. The molecule has 3 aliphatic heterocycles. The number of β-lactam (4-membered cyclic amide) rings is 1. The van der Waals surface area contributed by atoms with Gasteiger partial charge in [-0.1, -0.05) is 57.8 Å². The van der Waals surface area contributed by atoms with E-state index in [4.69, 9.17) is 26.9 Å². The van der Waals surface area contributed by atoms with E-state index >= 15 is 0 Å². The fourth-order valence-corrected chi connectivity index (χ4v) is 7.78. The van der Waals surface area contributed by atoms with Gasteiger partial charge in [-0.05, 0) is 31.6 Å². The zero-order valence-electron chi connectivity index (χ0n) is 33.7. The Morgan fingerprint density at radius 1 is 1.16 bits per heavy atom. The molecule has 3 heterocycles. The summed E-state index contributed by atoms with van der Waals surface area (Å²) in [6.07, 6.45) is 4.78. The molecule has 4 rings (SSSR count). The van der Waals surface area contributed by atoms with Crippen molar-refractivity contribution in [2.45, 2.75) is 84.7 Å². The molecule has 3 atom stereocenters. The minimum absolute atomic E-state index is 0.00914. The highest BCUT2D eigenvalue weighted by molar-refractivity contribution is 8.00. The van der Waals surface area contributed by atoms with Gasteiger partial charge < -0.3 is 45.7 Å². The van der Waals surface area contributed by atoms with Crippen LogP contribution < -0.4 is 16.4 Å². The van der Waals surface area contributed by atoms with Crippen molar-refractivity contribution in [2.75, 3.05) is 52.1 Å². The number of aliphatic carboxylic acids is 1. The third-order valence-electron chi connectivity index (χ3n) is 9.03. The molecule has 316 valence electrons. The van der Waals surface area contributed by atoms with Gasteiger partial charge in [0.05, 0.1) is 49.6 Å². The number of carboxylic acid groups (broad SMARTS) is 1. The SMILES string of the molecule is CC.CC.CCCC=NC(=C\CN)/C(=N/OC(C)C(=O)O)C(=O)NC1C(=O)N2C(C(=O)OC)=C(C[N+]3(CCNC(=O)c4ccc(O)c(O)c4Cl)CCCC3)CSC12. The molecule has 3 amide bonds. The number of nitrogens with two attached hydrogens (primary N) is 1. The van der Waals surface area contributed by atoms with E-state index in [2.05, 4.69) is 20.8 Å². The number of methoxy groups -OCH3 is 1. The Labute approximate surface area is 342 Å². The molecular weight excluding hydrogens is 782 g/mol. The Hall–Kier alpha value is -4.65. The molecule has 1 aromatic carbocycles. The minimum Gasteiger partial charge on any atom is -0.504 e. The van der Waals surface area contributed by atoms with Crippen LogP contribution in [-0.4, -0.2) is 136 Å². The van der Waals surface area contributed by atoms with Crippen LogP contribution in [0.25, 0.3) is 0 Å². The van der Waals surface area contributed by atoms with E-state index in [0.717, 1.165) is 32.4 Å². The molecule has 0 saturated carbocycles. The number of rotatable bonds is 17. The smallest absolute Gasteiger partial charge is 0.355 e. The number of phenolic OH excluding ortho intramolecular Hbond substituents is 2. The minimum atomic E-state index is -1.39. The van der Waals surface area contributed by atoms with Crippen molar-refractivity contribution in [3.8, 4) is 11.5 Å². The number of aliphatic imine (C=N–C) groups is 1. The van der Waals surface area contributed by atoms with Gasteiger partial charge in [0, 0.05) is 36.9 Å². The van der Waals surface area contributed by atoms with Crippen LogP contribution in [0.1, 0.15) is 77.6 Å². The van der Waals surface area contributed by atoms with E-state index in [1.54, 1.807) is 6.21 Å². The van der Waals surface area contributed by atoms with Crippen molar-refractivity contribution in [1.29, 1.82) is 0 Å². The number of carbonyl (C=O) groups is 5. The number of quaternary nitrogens is 1. The first-order valence-corrected chi connectivity index (χ1v) is 20.5. The summed E-state index contributed by atoms with van der Waals surface area (Å²) in [5.41, 5.74) is 6.18. The second kappa shape index (κ2) is 23.5. The zero-order valence-corrected chi connectivity index (χ0v) is 35.2. The fraction of sp³-hybridized carbons (Fsp3) is 0.553. The average molecular weight is 839 g/mol. The highest BCUT2D eigenvalue weighted by Gasteiger charge is 2.55. The third-order valence-corrected chi connectivity index (χ3v) is 10.8. The van der Waals surface area contributed by atoms with Gasteiger partial charge in [-0.2, -0.15) is 0 Å². The molecule has 19 heteroatoms. The number of phenols is 2. The Kier molecular flexibility index (Phi) is 20.0. The van der Waals surface area contributed by atoms with Crippen LogP contribution in [0.5, 0.6) is 11.5 Å². The first kappa shape index (κ1) is 48.5. The van der Waals surface area contributed by atoms with Gasteiger partial charge in [-0.15, -0.1) is 11.8 Å². The number of fused-ring (bicyclic) bond motifs is 1. The quantitative estimate of drug-likeness (QED) is 0.0330. The fourth-order valence-electron chi connectivity index (χ4n) is 6.20. The number of carboxylic acids is 1. The number of ether oxygens (including phenoxy) is 1. The van der Waals surface area contributed by atoms with Crippen LogP contribution in [0, 0.1) is 0 Å². The van der Waals surface area contributed by atoms with Crippen molar-refractivity contribution >= 4 is 64.9 Å². The van der Waals surface area contributed by atoms with E-state index in [1.165, 1.54) is 48.9 Å². The monoisotopic (exact) mass is 838 g/mol. The van der Waals surface area contributed by atoms with Crippen LogP contribution >= 0.6 is 23.4 Å². The number of benzene rings is 1. The molecule has 3 unspecified atom stereocenters. The number of thioether (sulfide) groups is 1. The molecule has 2 fully saturated rings. The average Bonchev–Trinajstić information content (AvgIpc) is 3.67. The maximum atomic E-state index is 13.7. The standard InChI is InChI=1S/C34H44ClN7O10S.2C2H6/c1-4-5-12-37-22(10-11-36)25(40-52-19(2)33(48)49)30(46)39-26-31(47)41-27(34(50)51-3)20(18-53-32(26)41)17-42(14-6-7-15-42)16-13-38-29(45)21-8-9-23(43)28(44)24(21)35;2*1-2/h8-10,12,19,26,32H,4-7,11,13-18,36H2,1-3H3,(H4-,38,39,40,43,44,45,46,48,49);2*1-2H3/p+1/b22-10-,37-12?;;. The Balaban J connectivity index is 0.00000271. The molecule has 0 radical (unpaired) electrons. The Bertz CT molecular complexity index is 1730. The summed E-state index contributed by atoms with van der Waals surface area (Å²) >= 11 is 7.43. The molecule has 17 nitrogen and oxygen atoms in total. The molecule has 0 bridgehead atoms. The number of nitrogens with one attached hydrogen (secondary N) is 2. The largest absolute Gasteiger partial charge is 0.504 e. The first-order valence-electron chi connectivity index (χ1n) is 19.1. The van der Waals surface area contributed by atoms with E-state index in [-0.39, 0.29) is 40.8 Å². The summed E-state index contributed by atoms with van der Waals surface area (Å²) in [4.78, 5) is 75.5. The summed E-state index contributed by atoms with van der Waals surface area (Å²) in [5.74, 6) is -4.62. The van der Waals surface area contributed by atoms with Crippen molar-refractivity contribution < 1.29 is 53.3 Å². The summed E-state index contributed by atoms with van der Waals surface area (Å²) in [5, 5.41) is 37.2. The second-order valence-electron chi connectivity index (χ2n) is 12.7. The van der Waals surface area contributed by atoms with E-state index in [1.807, 2.05) is 34.6 Å². The third kappa shape index (κ3) is 12.2. The molecule has 3 aliphatic rings. The molecule has 2 saturated heterocycles. The molecular formula is C38H57ClN7O10S+. The van der Waals surface area contributed by atoms with Gasteiger partial charge in [0.15, 0.2) is 17.2 Å². The van der Waals surface area contributed by atoms with Crippen molar-refractivity contribution in [1.82, 2.24) is 15.5 Å². The number of halogens is 1. The molecule has 1 aromatic rings. The predicted molar refractivity (Wildman–Crippen MR) is 219 cm³/mol. The van der Waals surface area contributed by atoms with Gasteiger partial charge in [0.1, 0.15) is 23.7 Å². The Morgan fingerprint density at radius 2 is 1.82 bits per heavy atom. The van der Waals surface area contributed by atoms with Crippen LogP contribution in [0.15, 0.2) is 45.3 Å². The van der Waals surface area contributed by atoms with E-state index in [0.29, 0.717) is 35.3 Å². The molecule has 7 N–H and O–H groups in total. The zero-order chi connectivity index (χ0) is 42.9. The molecule has 0 aromatic heterocycles. The number of unbranched alkanes of at least 4 members (excludes halogenated alkanes) is 1. The number of likely N-dealkylation sites (tertiary alicyclic amines) is 1. The lowest BCUT2D eigenvalue weighted by Gasteiger charge is -2.50. The summed E-state index contributed by atoms with van der Waals surface area (Å²) in [6.45, 7) is 13.8. The lowest BCUT2D eigenvalue weighted by atomic mass is 10.0. The second-order valence-corrected chi connectivity index (χ2v) is 14.2. The number of nitrogens with zero attached hydrogens (tertiary/aromatic N) is 4. The molecule has 0 aliphatic carbocycles. The number of amides is 3. The maximum Gasteiger partial charge on any atom is 0.355 e. The first-order chi connectivity index (χ1) is 27.3. The van der Waals surface area contributed by atoms with Gasteiger partial charge in [0.2, 0.25) is 6.10 Å². The van der Waals surface area contributed by atoms with Crippen LogP contribution in [0.3, 0.4) is 0 Å². The number of esters is 1. The highest BCUT2D eigenvalue weighted by Crippen LogP contribution is 2.42.